The molecule has 2 rings (SSSR count). The van der Waals surface area contributed by atoms with Gasteiger partial charge >= 0.3 is 0 Å². The minimum atomic E-state index is 0. The van der Waals surface area contributed by atoms with Crippen LogP contribution >= 0.6 is 24.0 Å². The average molecular weight is 493 g/mol. The van der Waals surface area contributed by atoms with Gasteiger partial charge in [-0.15, -0.1) is 24.0 Å². The zero-order valence-electron chi connectivity index (χ0n) is 17.4. The van der Waals surface area contributed by atoms with Crippen LogP contribution in [0.4, 0.5) is 0 Å². The van der Waals surface area contributed by atoms with Crippen LogP contribution in [0.15, 0.2) is 4.99 Å². The van der Waals surface area contributed by atoms with Crippen molar-refractivity contribution in [1.82, 2.24) is 20.4 Å². The van der Waals surface area contributed by atoms with Gasteiger partial charge in [0, 0.05) is 52.2 Å². The van der Waals surface area contributed by atoms with Gasteiger partial charge in [-0.3, -0.25) is 9.67 Å². The maximum Gasteiger partial charge on any atom is 0.191 e. The van der Waals surface area contributed by atoms with Gasteiger partial charge in [0.1, 0.15) is 0 Å². The summed E-state index contributed by atoms with van der Waals surface area (Å²) in [4.78, 5) is 4.38. The van der Waals surface area contributed by atoms with E-state index in [1.165, 1.54) is 30.5 Å². The van der Waals surface area contributed by atoms with E-state index in [1.807, 2.05) is 11.7 Å². The lowest BCUT2D eigenvalue weighted by Gasteiger charge is -2.42. The van der Waals surface area contributed by atoms with E-state index in [2.05, 4.69) is 34.6 Å². The van der Waals surface area contributed by atoms with Gasteiger partial charge in [-0.05, 0) is 38.5 Å². The maximum absolute atomic E-state index is 5.28. The van der Waals surface area contributed by atoms with Crippen LogP contribution in [0.2, 0.25) is 0 Å². The van der Waals surface area contributed by atoms with Crippen molar-refractivity contribution < 1.29 is 9.47 Å². The fourth-order valence-corrected chi connectivity index (χ4v) is 3.56. The minimum Gasteiger partial charge on any atom is -0.385 e. The van der Waals surface area contributed by atoms with Gasteiger partial charge in [-0.2, -0.15) is 5.10 Å². The molecule has 0 unspecified atom stereocenters. The first kappa shape index (κ1) is 24.2. The first-order valence-corrected chi connectivity index (χ1v) is 9.50. The van der Waals surface area contributed by atoms with Crippen molar-refractivity contribution >= 4 is 29.9 Å². The van der Waals surface area contributed by atoms with E-state index in [-0.39, 0.29) is 24.0 Å². The molecule has 1 fully saturated rings. The summed E-state index contributed by atoms with van der Waals surface area (Å²) in [5, 5.41) is 11.6. The lowest BCUT2D eigenvalue weighted by Crippen LogP contribution is -2.46. The third-order valence-corrected chi connectivity index (χ3v) is 5.58. The second-order valence-corrected chi connectivity index (χ2v) is 7.24. The van der Waals surface area contributed by atoms with E-state index in [9.17, 15) is 0 Å². The van der Waals surface area contributed by atoms with Crippen LogP contribution in [0.1, 0.15) is 42.6 Å². The highest BCUT2D eigenvalue weighted by Gasteiger charge is 2.36. The molecule has 2 N–H and O–H groups in total. The molecule has 8 heteroatoms. The van der Waals surface area contributed by atoms with Crippen LogP contribution in [0.3, 0.4) is 0 Å². The fourth-order valence-electron chi connectivity index (χ4n) is 3.56. The Hall–Kier alpha value is -0.870. The Labute approximate surface area is 180 Å². The lowest BCUT2D eigenvalue weighted by molar-refractivity contribution is 0.0732. The zero-order chi connectivity index (χ0) is 19.0. The van der Waals surface area contributed by atoms with E-state index in [1.54, 1.807) is 14.2 Å². The Morgan fingerprint density at radius 1 is 1.19 bits per heavy atom. The van der Waals surface area contributed by atoms with Gasteiger partial charge in [-0.1, -0.05) is 6.42 Å². The molecule has 0 radical (unpaired) electrons. The van der Waals surface area contributed by atoms with Crippen LogP contribution in [-0.4, -0.2) is 56.8 Å². The molecular weight excluding hydrogens is 457 g/mol. The largest absolute Gasteiger partial charge is 0.385 e. The number of guanidine groups is 1. The standard InChI is InChI=1S/C19H35N5O2.HI/c1-15-17(16(2)24(23-15)10-12-26-5)13-21-18(20-3)22-14-19(7-6-8-19)9-11-25-4;/h6-14H2,1-5H3,(H2,20,21,22);1H. The number of ether oxygens (including phenoxy) is 2. The van der Waals surface area contributed by atoms with Gasteiger partial charge < -0.3 is 20.1 Å². The molecule has 156 valence electrons. The number of methoxy groups -OCH3 is 2. The number of halogens is 1. The van der Waals surface area contributed by atoms with Gasteiger partial charge in [-0.25, -0.2) is 0 Å². The van der Waals surface area contributed by atoms with Gasteiger partial charge in [0.15, 0.2) is 5.96 Å². The van der Waals surface area contributed by atoms with Gasteiger partial charge in [0.2, 0.25) is 0 Å². The molecule has 0 atom stereocenters. The molecule has 1 aliphatic rings. The third kappa shape index (κ3) is 6.60. The van der Waals surface area contributed by atoms with Crippen LogP contribution < -0.4 is 10.6 Å². The molecule has 27 heavy (non-hydrogen) atoms. The lowest BCUT2D eigenvalue weighted by atomic mass is 9.67. The first-order valence-electron chi connectivity index (χ1n) is 9.50. The average Bonchev–Trinajstić information content (AvgIpc) is 2.88. The molecule has 0 aromatic carbocycles. The van der Waals surface area contributed by atoms with Crippen molar-refractivity contribution in [2.75, 3.05) is 41.0 Å². The van der Waals surface area contributed by atoms with Gasteiger partial charge in [0.05, 0.1) is 18.8 Å². The summed E-state index contributed by atoms with van der Waals surface area (Å²) in [5.74, 6) is 0.845. The number of hydrogen-bond acceptors (Lipinski definition) is 4. The highest BCUT2D eigenvalue weighted by atomic mass is 127. The summed E-state index contributed by atoms with van der Waals surface area (Å²) in [6, 6.07) is 0. The van der Waals surface area contributed by atoms with Crippen molar-refractivity contribution in [3.63, 3.8) is 0 Å². The SMILES string of the molecule is CN=C(NCc1c(C)nn(CCOC)c1C)NCC1(CCOC)CCC1.I. The third-order valence-electron chi connectivity index (χ3n) is 5.58. The maximum atomic E-state index is 5.28. The summed E-state index contributed by atoms with van der Waals surface area (Å²) in [6.07, 6.45) is 4.96. The zero-order valence-corrected chi connectivity index (χ0v) is 19.8. The Bertz CT molecular complexity index is 599. The summed E-state index contributed by atoms with van der Waals surface area (Å²) < 4.78 is 12.4. The molecule has 0 spiro atoms. The van der Waals surface area contributed by atoms with E-state index in [4.69, 9.17) is 9.47 Å². The Balaban J connectivity index is 0.00000364. The molecular formula is C19H36IN5O2. The van der Waals surface area contributed by atoms with Crippen LogP contribution in [0.25, 0.3) is 0 Å². The number of rotatable bonds is 10. The molecule has 0 saturated heterocycles. The monoisotopic (exact) mass is 493 g/mol. The van der Waals surface area contributed by atoms with E-state index in [0.29, 0.717) is 12.0 Å². The smallest absolute Gasteiger partial charge is 0.191 e. The summed E-state index contributed by atoms with van der Waals surface area (Å²) in [7, 11) is 5.31. The van der Waals surface area contributed by atoms with E-state index in [0.717, 1.165) is 44.3 Å². The Morgan fingerprint density at radius 2 is 1.89 bits per heavy atom. The molecule has 1 aliphatic carbocycles. The Kier molecular flexibility index (Phi) is 10.6. The highest BCUT2D eigenvalue weighted by molar-refractivity contribution is 14.0. The molecule has 1 saturated carbocycles. The van der Waals surface area contributed by atoms with Crippen molar-refractivity contribution in [3.8, 4) is 0 Å². The number of aliphatic imine (C=N–C) groups is 1. The normalized spacial score (nSPS) is 15.8. The molecule has 7 nitrogen and oxygen atoms in total. The number of aromatic nitrogens is 2. The van der Waals surface area contributed by atoms with E-state index >= 15 is 0 Å². The van der Waals surface area contributed by atoms with Gasteiger partial charge in [0.25, 0.3) is 0 Å². The summed E-state index contributed by atoms with van der Waals surface area (Å²) >= 11 is 0. The second kappa shape index (κ2) is 11.9. The summed E-state index contributed by atoms with van der Waals surface area (Å²) in [6.45, 7) is 8.09. The van der Waals surface area contributed by atoms with Crippen molar-refractivity contribution in [3.05, 3.63) is 17.0 Å². The summed E-state index contributed by atoms with van der Waals surface area (Å²) in [5.41, 5.74) is 3.82. The molecule has 0 amide bonds. The van der Waals surface area contributed by atoms with Crippen molar-refractivity contribution in [2.24, 2.45) is 10.4 Å². The predicted octanol–water partition coefficient (Wildman–Crippen LogP) is 2.64. The Morgan fingerprint density at radius 3 is 2.44 bits per heavy atom. The number of hydrogen-bond donors (Lipinski definition) is 2. The number of aryl methyl sites for hydroxylation is 1. The second-order valence-electron chi connectivity index (χ2n) is 7.24. The first-order chi connectivity index (χ1) is 12.5. The highest BCUT2D eigenvalue weighted by Crippen LogP contribution is 2.43. The fraction of sp³-hybridized carbons (Fsp3) is 0.789. The van der Waals surface area contributed by atoms with E-state index < -0.39 is 0 Å². The number of nitrogens with one attached hydrogen (secondary N) is 2. The molecule has 1 aromatic rings. The molecule has 0 bridgehead atoms. The van der Waals surface area contributed by atoms with Crippen molar-refractivity contribution in [1.29, 1.82) is 0 Å². The number of nitrogens with zero attached hydrogens (tertiary/aromatic N) is 3. The van der Waals surface area contributed by atoms with Crippen molar-refractivity contribution in [2.45, 2.75) is 52.6 Å². The topological polar surface area (TPSA) is 72.7 Å². The van der Waals surface area contributed by atoms with Crippen LogP contribution in [0, 0.1) is 19.3 Å². The quantitative estimate of drug-likeness (QED) is 0.298. The minimum absolute atomic E-state index is 0. The molecule has 0 aliphatic heterocycles. The van der Waals surface area contributed by atoms with Crippen LogP contribution in [-0.2, 0) is 22.6 Å². The molecule has 1 heterocycles. The molecule has 1 aromatic heterocycles. The van der Waals surface area contributed by atoms with Crippen LogP contribution in [0.5, 0.6) is 0 Å². The predicted molar refractivity (Wildman–Crippen MR) is 120 cm³/mol.